The zero-order valence-electron chi connectivity index (χ0n) is 14.2. The number of hydrogen-bond donors (Lipinski definition) is 2. The second-order valence-corrected chi connectivity index (χ2v) is 7.06. The first-order valence-corrected chi connectivity index (χ1v) is 9.00. The molecule has 1 aromatic carbocycles. The van der Waals surface area contributed by atoms with Gasteiger partial charge in [-0.05, 0) is 62.7 Å². The lowest BCUT2D eigenvalue weighted by Crippen LogP contribution is -2.45. The van der Waals surface area contributed by atoms with Crippen LogP contribution in [0.25, 0.3) is 0 Å². The molecule has 126 valence electrons. The van der Waals surface area contributed by atoms with Crippen LogP contribution in [0.3, 0.4) is 0 Å². The summed E-state index contributed by atoms with van der Waals surface area (Å²) >= 11 is 0. The number of benzene rings is 1. The molecule has 2 aliphatic heterocycles. The van der Waals surface area contributed by atoms with Gasteiger partial charge in [0.15, 0.2) is 0 Å². The predicted octanol–water partition coefficient (Wildman–Crippen LogP) is 2.08. The minimum absolute atomic E-state index is 0.0432. The van der Waals surface area contributed by atoms with Crippen LogP contribution in [0.2, 0.25) is 0 Å². The van der Waals surface area contributed by atoms with E-state index in [4.69, 9.17) is 0 Å². The van der Waals surface area contributed by atoms with Crippen molar-refractivity contribution in [3.05, 3.63) is 35.4 Å². The summed E-state index contributed by atoms with van der Waals surface area (Å²) in [5.41, 5.74) is 2.79. The van der Waals surface area contributed by atoms with Crippen LogP contribution in [0.5, 0.6) is 0 Å². The summed E-state index contributed by atoms with van der Waals surface area (Å²) in [6.07, 6.45) is 4.55. The number of piperidine rings is 1. The minimum atomic E-state index is 0.0432. The van der Waals surface area contributed by atoms with Crippen molar-refractivity contribution in [2.75, 3.05) is 26.2 Å². The maximum atomic E-state index is 12.1. The SMILES string of the molecule is Cc1ccccc1CN1CCCC(CNC(=O)C2CCCN2)C1. The lowest BCUT2D eigenvalue weighted by molar-refractivity contribution is -0.123. The van der Waals surface area contributed by atoms with Gasteiger partial charge in [0.25, 0.3) is 0 Å². The monoisotopic (exact) mass is 315 g/mol. The average molecular weight is 315 g/mol. The molecule has 0 aliphatic carbocycles. The van der Waals surface area contributed by atoms with E-state index in [1.165, 1.54) is 30.5 Å². The number of nitrogens with one attached hydrogen (secondary N) is 2. The summed E-state index contributed by atoms with van der Waals surface area (Å²) in [5.74, 6) is 0.775. The molecule has 2 heterocycles. The Morgan fingerprint density at radius 1 is 1.30 bits per heavy atom. The Balaban J connectivity index is 1.46. The van der Waals surface area contributed by atoms with Gasteiger partial charge in [0.1, 0.15) is 0 Å². The van der Waals surface area contributed by atoms with E-state index in [1.54, 1.807) is 0 Å². The van der Waals surface area contributed by atoms with E-state index < -0.39 is 0 Å². The normalized spacial score (nSPS) is 25.4. The van der Waals surface area contributed by atoms with Gasteiger partial charge in [0, 0.05) is 19.6 Å². The molecule has 0 radical (unpaired) electrons. The molecule has 0 aromatic heterocycles. The van der Waals surface area contributed by atoms with Gasteiger partial charge in [0.2, 0.25) is 5.91 Å². The third-order valence-electron chi connectivity index (χ3n) is 5.20. The Kier molecular flexibility index (Phi) is 5.68. The molecule has 4 nitrogen and oxygen atoms in total. The van der Waals surface area contributed by atoms with E-state index in [1.807, 2.05) is 0 Å². The molecule has 0 saturated carbocycles. The number of rotatable bonds is 5. The molecule has 2 saturated heterocycles. The molecular weight excluding hydrogens is 286 g/mol. The van der Waals surface area contributed by atoms with Gasteiger partial charge in [-0.3, -0.25) is 9.69 Å². The highest BCUT2D eigenvalue weighted by atomic mass is 16.2. The number of hydrogen-bond acceptors (Lipinski definition) is 3. The van der Waals surface area contributed by atoms with Crippen LogP contribution >= 0.6 is 0 Å². The van der Waals surface area contributed by atoms with Crippen LogP contribution < -0.4 is 10.6 Å². The summed E-state index contributed by atoms with van der Waals surface area (Å²) in [6, 6.07) is 8.68. The summed E-state index contributed by atoms with van der Waals surface area (Å²) in [5, 5.41) is 6.43. The summed E-state index contributed by atoms with van der Waals surface area (Å²) in [4.78, 5) is 14.7. The van der Waals surface area contributed by atoms with Crippen LogP contribution in [0.1, 0.15) is 36.8 Å². The maximum Gasteiger partial charge on any atom is 0.237 e. The molecule has 1 aromatic rings. The highest BCUT2D eigenvalue weighted by Gasteiger charge is 2.24. The third kappa shape index (κ3) is 4.55. The van der Waals surface area contributed by atoms with Crippen molar-refractivity contribution < 1.29 is 4.79 Å². The van der Waals surface area contributed by atoms with Gasteiger partial charge in [-0.15, -0.1) is 0 Å². The molecule has 0 bridgehead atoms. The lowest BCUT2D eigenvalue weighted by Gasteiger charge is -2.33. The molecule has 3 rings (SSSR count). The molecule has 2 fully saturated rings. The summed E-state index contributed by atoms with van der Waals surface area (Å²) < 4.78 is 0. The Hall–Kier alpha value is -1.39. The van der Waals surface area contributed by atoms with E-state index in [0.717, 1.165) is 39.0 Å². The van der Waals surface area contributed by atoms with E-state index in [0.29, 0.717) is 5.92 Å². The van der Waals surface area contributed by atoms with Crippen molar-refractivity contribution in [1.82, 2.24) is 15.5 Å². The van der Waals surface area contributed by atoms with Crippen molar-refractivity contribution in [2.45, 2.75) is 45.2 Å². The molecule has 2 N–H and O–H groups in total. The quantitative estimate of drug-likeness (QED) is 0.874. The first-order chi connectivity index (χ1) is 11.2. The maximum absolute atomic E-state index is 12.1. The van der Waals surface area contributed by atoms with Crippen molar-refractivity contribution in [3.63, 3.8) is 0 Å². The van der Waals surface area contributed by atoms with Crippen LogP contribution in [-0.4, -0.2) is 43.0 Å². The van der Waals surface area contributed by atoms with Crippen LogP contribution in [0.15, 0.2) is 24.3 Å². The van der Waals surface area contributed by atoms with Gasteiger partial charge in [-0.2, -0.15) is 0 Å². The standard InChI is InChI=1S/C19H29N3O/c1-15-6-2-3-8-17(15)14-22-11-5-7-16(13-22)12-21-19(23)18-9-4-10-20-18/h2-3,6,8,16,18,20H,4-5,7,9-14H2,1H3,(H,21,23). The highest BCUT2D eigenvalue weighted by molar-refractivity contribution is 5.81. The number of aryl methyl sites for hydroxylation is 1. The van der Waals surface area contributed by atoms with Gasteiger partial charge < -0.3 is 10.6 Å². The van der Waals surface area contributed by atoms with Crippen molar-refractivity contribution >= 4 is 5.91 Å². The minimum Gasteiger partial charge on any atom is -0.354 e. The molecule has 2 aliphatic rings. The highest BCUT2D eigenvalue weighted by Crippen LogP contribution is 2.19. The van der Waals surface area contributed by atoms with Gasteiger partial charge in [-0.25, -0.2) is 0 Å². The van der Waals surface area contributed by atoms with Crippen LogP contribution in [0.4, 0.5) is 0 Å². The number of likely N-dealkylation sites (tertiary alicyclic amines) is 1. The van der Waals surface area contributed by atoms with E-state index in [9.17, 15) is 4.79 Å². The number of carbonyl (C=O) groups is 1. The largest absolute Gasteiger partial charge is 0.354 e. The Labute approximate surface area is 139 Å². The summed E-state index contributed by atoms with van der Waals surface area (Å²) in [7, 11) is 0. The second-order valence-electron chi connectivity index (χ2n) is 7.06. The topological polar surface area (TPSA) is 44.4 Å². The fourth-order valence-corrected chi connectivity index (χ4v) is 3.77. The van der Waals surface area contributed by atoms with Gasteiger partial charge in [0.05, 0.1) is 6.04 Å². The Morgan fingerprint density at radius 3 is 2.96 bits per heavy atom. The van der Waals surface area contributed by atoms with Gasteiger partial charge in [-0.1, -0.05) is 24.3 Å². The zero-order valence-corrected chi connectivity index (χ0v) is 14.2. The Morgan fingerprint density at radius 2 is 2.17 bits per heavy atom. The van der Waals surface area contributed by atoms with Crippen LogP contribution in [-0.2, 0) is 11.3 Å². The first-order valence-electron chi connectivity index (χ1n) is 9.00. The molecule has 23 heavy (non-hydrogen) atoms. The second kappa shape index (κ2) is 7.93. The predicted molar refractivity (Wildman–Crippen MR) is 93.2 cm³/mol. The van der Waals surface area contributed by atoms with Crippen molar-refractivity contribution in [1.29, 1.82) is 0 Å². The lowest BCUT2D eigenvalue weighted by atomic mass is 9.97. The van der Waals surface area contributed by atoms with Crippen molar-refractivity contribution in [3.8, 4) is 0 Å². The smallest absolute Gasteiger partial charge is 0.237 e. The molecule has 4 heteroatoms. The Bertz CT molecular complexity index is 525. The third-order valence-corrected chi connectivity index (χ3v) is 5.20. The average Bonchev–Trinajstić information content (AvgIpc) is 3.10. The fourth-order valence-electron chi connectivity index (χ4n) is 3.77. The van der Waals surface area contributed by atoms with Gasteiger partial charge >= 0.3 is 0 Å². The molecule has 0 spiro atoms. The molecule has 2 unspecified atom stereocenters. The fraction of sp³-hybridized carbons (Fsp3) is 0.632. The van der Waals surface area contributed by atoms with E-state index >= 15 is 0 Å². The number of carbonyl (C=O) groups excluding carboxylic acids is 1. The molecule has 1 amide bonds. The summed E-state index contributed by atoms with van der Waals surface area (Å²) in [6.45, 7) is 7.27. The van der Waals surface area contributed by atoms with E-state index in [-0.39, 0.29) is 11.9 Å². The van der Waals surface area contributed by atoms with E-state index in [2.05, 4.69) is 46.7 Å². The number of nitrogens with zero attached hydrogens (tertiary/aromatic N) is 1. The zero-order chi connectivity index (χ0) is 16.1. The van der Waals surface area contributed by atoms with Crippen LogP contribution in [0, 0.1) is 12.8 Å². The van der Waals surface area contributed by atoms with Crippen molar-refractivity contribution in [2.24, 2.45) is 5.92 Å². The molecule has 2 atom stereocenters. The first kappa shape index (κ1) is 16.5. The molecular formula is C19H29N3O. The number of amides is 1.